The third-order valence-corrected chi connectivity index (χ3v) is 2.99. The predicted octanol–water partition coefficient (Wildman–Crippen LogP) is 2.76. The number of ether oxygens (including phenoxy) is 1. The van der Waals surface area contributed by atoms with Gasteiger partial charge in [-0.05, 0) is 43.2 Å². The molecule has 21 heavy (non-hydrogen) atoms. The lowest BCUT2D eigenvalue weighted by Gasteiger charge is -2.08. The van der Waals surface area contributed by atoms with Crippen LogP contribution >= 0.6 is 0 Å². The fraction of sp³-hybridized carbons (Fsp3) is 0.250. The van der Waals surface area contributed by atoms with Gasteiger partial charge in [0.25, 0.3) is 0 Å². The third kappa shape index (κ3) is 4.80. The second-order valence-corrected chi connectivity index (χ2v) is 4.64. The van der Waals surface area contributed by atoms with Crippen molar-refractivity contribution < 1.29 is 9.53 Å². The molecule has 2 amide bonds. The summed E-state index contributed by atoms with van der Waals surface area (Å²) in [6.07, 6.45) is 0.763. The Labute approximate surface area is 124 Å². The van der Waals surface area contributed by atoms with Crippen LogP contribution in [-0.2, 0) is 6.42 Å². The van der Waals surface area contributed by atoms with Crippen LogP contribution in [0, 0.1) is 6.92 Å². The summed E-state index contributed by atoms with van der Waals surface area (Å²) < 4.78 is 5.10. The second kappa shape index (κ2) is 7.28. The zero-order valence-corrected chi connectivity index (χ0v) is 12.2. The van der Waals surface area contributed by atoms with E-state index in [9.17, 15) is 4.79 Å². The number of benzene rings is 1. The van der Waals surface area contributed by atoms with Crippen molar-refractivity contribution in [1.29, 1.82) is 0 Å². The molecule has 1 aromatic heterocycles. The molecule has 0 bridgehead atoms. The number of rotatable bonds is 5. The molecule has 2 N–H and O–H groups in total. The van der Waals surface area contributed by atoms with Crippen LogP contribution in [0.2, 0.25) is 0 Å². The van der Waals surface area contributed by atoms with Gasteiger partial charge in [0.1, 0.15) is 11.6 Å². The number of nitrogens with one attached hydrogen (secondary N) is 2. The molecule has 0 aliphatic rings. The van der Waals surface area contributed by atoms with E-state index in [2.05, 4.69) is 15.6 Å². The van der Waals surface area contributed by atoms with Gasteiger partial charge < -0.3 is 10.1 Å². The number of aryl methyl sites for hydroxylation is 1. The molecule has 2 aromatic rings. The number of hydrogen-bond donors (Lipinski definition) is 2. The maximum atomic E-state index is 11.7. The lowest BCUT2D eigenvalue weighted by Crippen LogP contribution is -2.30. The van der Waals surface area contributed by atoms with Crippen molar-refractivity contribution in [1.82, 2.24) is 10.3 Å². The average Bonchev–Trinajstić information content (AvgIpc) is 2.48. The van der Waals surface area contributed by atoms with Gasteiger partial charge >= 0.3 is 6.03 Å². The molecule has 0 aliphatic carbocycles. The molecule has 0 spiro atoms. The molecule has 0 aliphatic heterocycles. The third-order valence-electron chi connectivity index (χ3n) is 2.99. The fourth-order valence-electron chi connectivity index (χ4n) is 1.89. The Morgan fingerprint density at radius 3 is 2.62 bits per heavy atom. The van der Waals surface area contributed by atoms with E-state index in [0.29, 0.717) is 12.4 Å². The quantitative estimate of drug-likeness (QED) is 0.888. The molecule has 5 nitrogen and oxygen atoms in total. The van der Waals surface area contributed by atoms with Crippen LogP contribution in [0.25, 0.3) is 0 Å². The molecule has 110 valence electrons. The number of pyridine rings is 1. The summed E-state index contributed by atoms with van der Waals surface area (Å²) in [6.45, 7) is 2.44. The lowest BCUT2D eigenvalue weighted by molar-refractivity contribution is 0.252. The maximum absolute atomic E-state index is 11.7. The van der Waals surface area contributed by atoms with Gasteiger partial charge in [-0.2, -0.15) is 0 Å². The van der Waals surface area contributed by atoms with E-state index in [1.165, 1.54) is 0 Å². The monoisotopic (exact) mass is 285 g/mol. The number of amides is 2. The summed E-state index contributed by atoms with van der Waals surface area (Å²) in [4.78, 5) is 15.9. The Morgan fingerprint density at radius 1 is 1.19 bits per heavy atom. The van der Waals surface area contributed by atoms with Gasteiger partial charge in [0.2, 0.25) is 0 Å². The van der Waals surface area contributed by atoms with Gasteiger partial charge in [0.15, 0.2) is 0 Å². The standard InChI is InChI=1S/C16H19N3O2/c1-12-4-3-5-15(18-12)19-16(20)17-11-10-13-6-8-14(21-2)9-7-13/h3-9H,10-11H2,1-2H3,(H2,17,18,19,20). The molecule has 0 saturated heterocycles. The van der Waals surface area contributed by atoms with Crippen LogP contribution in [0.5, 0.6) is 5.75 Å². The van der Waals surface area contributed by atoms with E-state index in [-0.39, 0.29) is 6.03 Å². The van der Waals surface area contributed by atoms with E-state index in [1.54, 1.807) is 13.2 Å². The fourth-order valence-corrected chi connectivity index (χ4v) is 1.89. The minimum atomic E-state index is -0.249. The molecule has 1 heterocycles. The van der Waals surface area contributed by atoms with E-state index in [4.69, 9.17) is 4.74 Å². The zero-order valence-electron chi connectivity index (χ0n) is 12.2. The first-order valence-electron chi connectivity index (χ1n) is 6.79. The molecule has 0 saturated carbocycles. The van der Waals surface area contributed by atoms with Crippen molar-refractivity contribution in [2.75, 3.05) is 19.0 Å². The van der Waals surface area contributed by atoms with Crippen molar-refractivity contribution in [3.05, 3.63) is 53.7 Å². The molecule has 5 heteroatoms. The number of aromatic nitrogens is 1. The van der Waals surface area contributed by atoms with Crippen LogP contribution in [-0.4, -0.2) is 24.7 Å². The van der Waals surface area contributed by atoms with E-state index >= 15 is 0 Å². The highest BCUT2D eigenvalue weighted by atomic mass is 16.5. The molecule has 0 radical (unpaired) electrons. The largest absolute Gasteiger partial charge is 0.497 e. The Hall–Kier alpha value is -2.56. The molecule has 0 fully saturated rings. The topological polar surface area (TPSA) is 63.2 Å². The second-order valence-electron chi connectivity index (χ2n) is 4.64. The van der Waals surface area contributed by atoms with Gasteiger partial charge in [-0.1, -0.05) is 18.2 Å². The normalized spacial score (nSPS) is 10.0. The van der Waals surface area contributed by atoms with Crippen LogP contribution in [0.1, 0.15) is 11.3 Å². The van der Waals surface area contributed by atoms with Crippen LogP contribution in [0.3, 0.4) is 0 Å². The molecule has 2 rings (SSSR count). The van der Waals surface area contributed by atoms with Gasteiger partial charge in [-0.3, -0.25) is 5.32 Å². The number of carbonyl (C=O) groups is 1. The van der Waals surface area contributed by atoms with Crippen molar-refractivity contribution in [3.8, 4) is 5.75 Å². The van der Waals surface area contributed by atoms with Gasteiger partial charge in [0, 0.05) is 12.2 Å². The van der Waals surface area contributed by atoms with Gasteiger partial charge in [0.05, 0.1) is 7.11 Å². The number of carbonyl (C=O) groups excluding carboxylic acids is 1. The SMILES string of the molecule is COc1ccc(CCNC(=O)Nc2cccc(C)n2)cc1. The Balaban J connectivity index is 1.76. The van der Waals surface area contributed by atoms with E-state index < -0.39 is 0 Å². The summed E-state index contributed by atoms with van der Waals surface area (Å²) >= 11 is 0. The number of hydrogen-bond acceptors (Lipinski definition) is 3. The van der Waals surface area contributed by atoms with Gasteiger partial charge in [-0.25, -0.2) is 9.78 Å². The predicted molar refractivity (Wildman–Crippen MR) is 82.7 cm³/mol. The lowest BCUT2D eigenvalue weighted by atomic mass is 10.1. The molecular formula is C16H19N3O2. The summed E-state index contributed by atoms with van der Waals surface area (Å²) in [6, 6.07) is 13.0. The van der Waals surface area contributed by atoms with Crippen LogP contribution in [0.4, 0.5) is 10.6 Å². The Bertz CT molecular complexity index is 597. The molecule has 0 atom stereocenters. The minimum absolute atomic E-state index is 0.249. The molecular weight excluding hydrogens is 266 g/mol. The minimum Gasteiger partial charge on any atom is -0.497 e. The number of urea groups is 1. The summed E-state index contributed by atoms with van der Waals surface area (Å²) in [7, 11) is 1.64. The first kappa shape index (κ1) is 14.8. The highest BCUT2D eigenvalue weighted by Gasteiger charge is 2.02. The zero-order chi connectivity index (χ0) is 15.1. The highest BCUT2D eigenvalue weighted by Crippen LogP contribution is 2.11. The van der Waals surface area contributed by atoms with Crippen molar-refractivity contribution in [2.45, 2.75) is 13.3 Å². The van der Waals surface area contributed by atoms with Crippen LogP contribution < -0.4 is 15.4 Å². The first-order valence-corrected chi connectivity index (χ1v) is 6.79. The number of anilines is 1. The van der Waals surface area contributed by atoms with Crippen LogP contribution in [0.15, 0.2) is 42.5 Å². The molecule has 0 unspecified atom stereocenters. The number of nitrogens with zero attached hydrogens (tertiary/aromatic N) is 1. The Kier molecular flexibility index (Phi) is 5.15. The average molecular weight is 285 g/mol. The maximum Gasteiger partial charge on any atom is 0.320 e. The number of methoxy groups -OCH3 is 1. The van der Waals surface area contributed by atoms with Gasteiger partial charge in [-0.15, -0.1) is 0 Å². The van der Waals surface area contributed by atoms with Crippen molar-refractivity contribution in [3.63, 3.8) is 0 Å². The summed E-state index contributed by atoms with van der Waals surface area (Å²) in [5.74, 6) is 1.38. The van der Waals surface area contributed by atoms with E-state index in [0.717, 1.165) is 23.4 Å². The first-order chi connectivity index (χ1) is 10.2. The van der Waals surface area contributed by atoms with E-state index in [1.807, 2.05) is 43.3 Å². The summed E-state index contributed by atoms with van der Waals surface area (Å²) in [5.41, 5.74) is 2.01. The molecule has 1 aromatic carbocycles. The Morgan fingerprint density at radius 2 is 1.95 bits per heavy atom. The highest BCUT2D eigenvalue weighted by molar-refractivity contribution is 5.88. The summed E-state index contributed by atoms with van der Waals surface area (Å²) in [5, 5.41) is 5.51. The smallest absolute Gasteiger partial charge is 0.320 e. The van der Waals surface area contributed by atoms with Crippen molar-refractivity contribution in [2.24, 2.45) is 0 Å². The van der Waals surface area contributed by atoms with Crippen molar-refractivity contribution >= 4 is 11.8 Å².